The van der Waals surface area contributed by atoms with Crippen LogP contribution >= 0.6 is 11.3 Å². The van der Waals surface area contributed by atoms with Gasteiger partial charge in [0.2, 0.25) is 0 Å². The van der Waals surface area contributed by atoms with Gasteiger partial charge in [-0.05, 0) is 30.3 Å². The number of benzene rings is 1. The van der Waals surface area contributed by atoms with E-state index in [4.69, 9.17) is 5.73 Å². The monoisotopic (exact) mass is 301 g/mol. The number of fused-ring (bicyclic) bond motifs is 1. The van der Waals surface area contributed by atoms with Gasteiger partial charge in [0.1, 0.15) is 16.2 Å². The fourth-order valence-electron chi connectivity index (χ4n) is 2.06. The second-order valence-corrected chi connectivity index (χ2v) is 5.59. The third-order valence-electron chi connectivity index (χ3n) is 3.18. The van der Waals surface area contributed by atoms with E-state index < -0.39 is 5.82 Å². The Bertz CT molecular complexity index is 831. The Morgan fingerprint density at radius 1 is 1.33 bits per heavy atom. The number of thiophene rings is 1. The van der Waals surface area contributed by atoms with E-state index in [0.717, 1.165) is 4.70 Å². The van der Waals surface area contributed by atoms with Gasteiger partial charge in [0.05, 0.1) is 10.4 Å². The summed E-state index contributed by atoms with van der Waals surface area (Å²) in [6.07, 6.45) is 1.63. The molecule has 0 fully saturated rings. The zero-order valence-electron chi connectivity index (χ0n) is 11.2. The van der Waals surface area contributed by atoms with Crippen LogP contribution in [-0.2, 0) is 0 Å². The molecule has 3 rings (SSSR count). The van der Waals surface area contributed by atoms with Crippen molar-refractivity contribution in [2.24, 2.45) is 0 Å². The van der Waals surface area contributed by atoms with E-state index in [1.807, 2.05) is 6.07 Å². The number of amides is 1. The SMILES string of the molecule is CN(C(=O)c1sc2cccnc2c1N)c1cccc(F)c1. The summed E-state index contributed by atoms with van der Waals surface area (Å²) in [5.74, 6) is -0.667. The van der Waals surface area contributed by atoms with Gasteiger partial charge in [-0.3, -0.25) is 9.78 Å². The summed E-state index contributed by atoms with van der Waals surface area (Å²) in [5.41, 5.74) is 7.48. The fourth-order valence-corrected chi connectivity index (χ4v) is 3.12. The van der Waals surface area contributed by atoms with Crippen molar-refractivity contribution in [2.45, 2.75) is 0 Å². The van der Waals surface area contributed by atoms with Crippen molar-refractivity contribution in [3.63, 3.8) is 0 Å². The zero-order valence-corrected chi connectivity index (χ0v) is 12.0. The number of carbonyl (C=O) groups is 1. The molecule has 4 nitrogen and oxygen atoms in total. The number of pyridine rings is 1. The number of anilines is 2. The fraction of sp³-hybridized carbons (Fsp3) is 0.0667. The van der Waals surface area contributed by atoms with Crippen LogP contribution in [0.4, 0.5) is 15.8 Å². The molecule has 0 saturated heterocycles. The molecule has 0 aliphatic rings. The van der Waals surface area contributed by atoms with Crippen LogP contribution in [0.15, 0.2) is 42.6 Å². The molecule has 0 spiro atoms. The van der Waals surface area contributed by atoms with Gasteiger partial charge in [-0.25, -0.2) is 4.39 Å². The number of aromatic nitrogens is 1. The van der Waals surface area contributed by atoms with Crippen molar-refractivity contribution in [1.29, 1.82) is 0 Å². The first-order valence-corrected chi connectivity index (χ1v) is 7.06. The van der Waals surface area contributed by atoms with Crippen LogP contribution in [-0.4, -0.2) is 17.9 Å². The highest BCUT2D eigenvalue weighted by Gasteiger charge is 2.21. The van der Waals surface area contributed by atoms with Gasteiger partial charge < -0.3 is 10.6 Å². The Hall–Kier alpha value is -2.47. The normalized spacial score (nSPS) is 10.8. The molecule has 1 amide bonds. The highest BCUT2D eigenvalue weighted by Crippen LogP contribution is 2.33. The minimum Gasteiger partial charge on any atom is -0.396 e. The van der Waals surface area contributed by atoms with Gasteiger partial charge in [-0.2, -0.15) is 0 Å². The molecule has 3 aromatic rings. The summed E-state index contributed by atoms with van der Waals surface area (Å²) in [6.45, 7) is 0. The molecule has 0 bridgehead atoms. The Morgan fingerprint density at radius 3 is 2.86 bits per heavy atom. The first-order chi connectivity index (χ1) is 10.1. The second kappa shape index (κ2) is 5.14. The molecule has 2 aromatic heterocycles. The highest BCUT2D eigenvalue weighted by atomic mass is 32.1. The standard InChI is InChI=1S/C15H12FN3OS/c1-19(10-5-2-4-9(16)8-10)15(20)14-12(17)13-11(21-14)6-3-7-18-13/h2-8H,17H2,1H3. The Kier molecular flexibility index (Phi) is 3.31. The molecule has 0 saturated carbocycles. The Balaban J connectivity index is 2.02. The lowest BCUT2D eigenvalue weighted by atomic mass is 10.2. The summed E-state index contributed by atoms with van der Waals surface area (Å²) in [7, 11) is 1.59. The summed E-state index contributed by atoms with van der Waals surface area (Å²) in [4.78, 5) is 18.5. The van der Waals surface area contributed by atoms with Crippen LogP contribution in [0.25, 0.3) is 10.2 Å². The lowest BCUT2D eigenvalue weighted by Crippen LogP contribution is -2.26. The van der Waals surface area contributed by atoms with Crippen molar-refractivity contribution in [3.8, 4) is 0 Å². The molecular formula is C15H12FN3OS. The minimum absolute atomic E-state index is 0.277. The molecule has 0 aliphatic heterocycles. The molecule has 0 aliphatic carbocycles. The summed E-state index contributed by atoms with van der Waals surface area (Å²) >= 11 is 1.29. The van der Waals surface area contributed by atoms with Crippen LogP contribution in [0.5, 0.6) is 0 Å². The number of nitrogen functional groups attached to an aromatic ring is 1. The van der Waals surface area contributed by atoms with Crippen LogP contribution < -0.4 is 10.6 Å². The van der Waals surface area contributed by atoms with E-state index in [0.29, 0.717) is 21.8 Å². The van der Waals surface area contributed by atoms with E-state index in [9.17, 15) is 9.18 Å². The van der Waals surface area contributed by atoms with E-state index in [2.05, 4.69) is 4.98 Å². The summed E-state index contributed by atoms with van der Waals surface area (Å²) < 4.78 is 14.1. The highest BCUT2D eigenvalue weighted by molar-refractivity contribution is 7.21. The maximum absolute atomic E-state index is 13.3. The molecule has 0 unspecified atom stereocenters. The van der Waals surface area contributed by atoms with Crippen molar-refractivity contribution in [1.82, 2.24) is 4.98 Å². The predicted molar refractivity (Wildman–Crippen MR) is 83.2 cm³/mol. The van der Waals surface area contributed by atoms with Crippen molar-refractivity contribution in [3.05, 3.63) is 53.3 Å². The van der Waals surface area contributed by atoms with Gasteiger partial charge in [0.15, 0.2) is 0 Å². The smallest absolute Gasteiger partial charge is 0.270 e. The van der Waals surface area contributed by atoms with Crippen LogP contribution in [0, 0.1) is 5.82 Å². The maximum Gasteiger partial charge on any atom is 0.270 e. The van der Waals surface area contributed by atoms with E-state index >= 15 is 0 Å². The topological polar surface area (TPSA) is 59.2 Å². The molecule has 1 aromatic carbocycles. The van der Waals surface area contributed by atoms with Crippen LogP contribution in [0.2, 0.25) is 0 Å². The van der Waals surface area contributed by atoms with Crippen molar-refractivity contribution < 1.29 is 9.18 Å². The van der Waals surface area contributed by atoms with E-state index in [1.165, 1.54) is 28.4 Å². The van der Waals surface area contributed by atoms with Gasteiger partial charge in [-0.1, -0.05) is 6.07 Å². The maximum atomic E-state index is 13.3. The number of nitrogens with zero attached hydrogens (tertiary/aromatic N) is 2. The first kappa shape index (κ1) is 13.5. The number of hydrogen-bond acceptors (Lipinski definition) is 4. The summed E-state index contributed by atoms with van der Waals surface area (Å²) in [5, 5.41) is 0. The molecule has 0 atom stereocenters. The molecule has 0 radical (unpaired) electrons. The quantitative estimate of drug-likeness (QED) is 0.790. The average Bonchev–Trinajstić information content (AvgIpc) is 2.83. The Morgan fingerprint density at radius 2 is 2.14 bits per heavy atom. The summed E-state index contributed by atoms with van der Waals surface area (Å²) in [6, 6.07) is 9.53. The van der Waals surface area contributed by atoms with Gasteiger partial charge in [-0.15, -0.1) is 11.3 Å². The second-order valence-electron chi connectivity index (χ2n) is 4.54. The average molecular weight is 301 g/mol. The van der Waals surface area contributed by atoms with Crippen LogP contribution in [0.3, 0.4) is 0 Å². The van der Waals surface area contributed by atoms with Crippen molar-refractivity contribution in [2.75, 3.05) is 17.7 Å². The largest absolute Gasteiger partial charge is 0.396 e. The van der Waals surface area contributed by atoms with Gasteiger partial charge in [0, 0.05) is 18.9 Å². The molecular weight excluding hydrogens is 289 g/mol. The van der Waals surface area contributed by atoms with Crippen molar-refractivity contribution >= 4 is 38.8 Å². The minimum atomic E-state index is -0.391. The number of carbonyl (C=O) groups excluding carboxylic acids is 1. The molecule has 2 N–H and O–H groups in total. The third kappa shape index (κ3) is 2.34. The molecule has 106 valence electrons. The molecule has 21 heavy (non-hydrogen) atoms. The molecule has 6 heteroatoms. The number of rotatable bonds is 2. The number of nitrogens with two attached hydrogens (primary N) is 1. The van der Waals surface area contributed by atoms with E-state index in [1.54, 1.807) is 31.4 Å². The number of halogens is 1. The lowest BCUT2D eigenvalue weighted by molar-refractivity contribution is 0.0997. The molecule has 2 heterocycles. The van der Waals surface area contributed by atoms with Gasteiger partial charge in [0.25, 0.3) is 5.91 Å². The lowest BCUT2D eigenvalue weighted by Gasteiger charge is -2.16. The predicted octanol–water partition coefficient (Wildman–Crippen LogP) is 3.29. The van der Waals surface area contributed by atoms with Crippen LogP contribution in [0.1, 0.15) is 9.67 Å². The third-order valence-corrected chi connectivity index (χ3v) is 4.32. The first-order valence-electron chi connectivity index (χ1n) is 6.24. The number of hydrogen-bond donors (Lipinski definition) is 1. The zero-order chi connectivity index (χ0) is 15.0. The Labute approximate surface area is 124 Å². The van der Waals surface area contributed by atoms with E-state index in [-0.39, 0.29) is 5.91 Å². The van der Waals surface area contributed by atoms with Gasteiger partial charge >= 0.3 is 0 Å².